The molecule has 1 aliphatic carbocycles. The number of esters is 1. The molecule has 4 rings (SSSR count). The van der Waals surface area contributed by atoms with Crippen molar-refractivity contribution in [2.24, 2.45) is 53.3 Å². The molecule has 0 spiro atoms. The van der Waals surface area contributed by atoms with Gasteiger partial charge in [-0.2, -0.15) is 12.3 Å². The molecule has 1 saturated carbocycles. The van der Waals surface area contributed by atoms with Gasteiger partial charge in [-0.1, -0.05) is 117 Å². The fourth-order valence-corrected chi connectivity index (χ4v) is 10.9. The summed E-state index contributed by atoms with van der Waals surface area (Å²) in [5.41, 5.74) is 1.44. The highest BCUT2D eigenvalue weighted by Crippen LogP contribution is 2.40. The van der Waals surface area contributed by atoms with Gasteiger partial charge < -0.3 is 35.7 Å². The van der Waals surface area contributed by atoms with Crippen LogP contribution in [0.1, 0.15) is 153 Å². The SMILES string of the molecule is CC[CH-][C@@H]1CC[C@@H](C[C@@H](C)[C@@H]2CC(=O)[C@H](C)/C=C(\C)[C@@H](O)[C@@H](C)C(=O)[C@H](C)C[C@H](C)/C=C/C=C/C=C(\C)[C@@H](OC)CC3CC[C@@H](C)[C@@](O)(O3)C(=O)C(=O)N3CCCCC3C(=O)O2)C[C@H]1C. The summed E-state index contributed by atoms with van der Waals surface area (Å²) in [4.78, 5) is 71.9. The standard InChI is InChI=1S/C54H84NO10/c1-12-18-43-24-23-42(29-35(43)4)30-37(6)48-32-46(56)36(5)28-39(8)50(58)41(10)49(57)38(7)27-33(2)19-14-13-15-20-34(3)47(63-11)31-44-25-22-40(9)54(62,65-44)51(59)52(60)55-26-17-16-21-45(55)53(61)64-48/h13-15,18-20,28,33,35-38,40-45,47-48,50,58,62H,12,16-17,21-27,29-32H2,1-11H3/q-1/b15-13+,19-14+,34-20+,39-28+/t33-,35-,36-,37-,38-,40-,41+,42-,43-,44?,45?,47+,48+,50-,54-/m1/s1. The molecule has 2 saturated heterocycles. The summed E-state index contributed by atoms with van der Waals surface area (Å²) in [7, 11) is 1.60. The molecule has 2 bridgehead atoms. The molecule has 0 aromatic rings. The van der Waals surface area contributed by atoms with Crippen LogP contribution in [0.5, 0.6) is 0 Å². The van der Waals surface area contributed by atoms with Crippen LogP contribution in [0, 0.1) is 59.7 Å². The van der Waals surface area contributed by atoms with Crippen LogP contribution in [0.15, 0.2) is 47.6 Å². The van der Waals surface area contributed by atoms with E-state index in [9.17, 15) is 34.2 Å². The Morgan fingerprint density at radius 2 is 1.63 bits per heavy atom. The zero-order valence-corrected chi connectivity index (χ0v) is 41.6. The van der Waals surface area contributed by atoms with Gasteiger partial charge in [0.15, 0.2) is 0 Å². The first-order valence-electron chi connectivity index (χ1n) is 25.0. The summed E-state index contributed by atoms with van der Waals surface area (Å²) in [6.07, 6.45) is 19.3. The molecule has 11 nitrogen and oxygen atoms in total. The van der Waals surface area contributed by atoms with Crippen LogP contribution < -0.4 is 0 Å². The van der Waals surface area contributed by atoms with Crippen molar-refractivity contribution in [2.45, 2.75) is 189 Å². The molecule has 4 aliphatic rings. The highest BCUT2D eigenvalue weighted by molar-refractivity contribution is 6.39. The van der Waals surface area contributed by atoms with E-state index >= 15 is 0 Å². The van der Waals surface area contributed by atoms with Gasteiger partial charge in [-0.3, -0.25) is 19.2 Å². The largest absolute Gasteiger partial charge is 0.460 e. The summed E-state index contributed by atoms with van der Waals surface area (Å²) in [6.45, 7) is 19.4. The molecule has 3 fully saturated rings. The number of carbonyl (C=O) groups is 5. The Bertz CT molecular complexity index is 1750. The number of cyclic esters (lactones) is 1. The Kier molecular flexibility index (Phi) is 21.1. The van der Waals surface area contributed by atoms with Gasteiger partial charge in [0.1, 0.15) is 23.7 Å². The fraction of sp³-hybridized carbons (Fsp3) is 0.741. The van der Waals surface area contributed by atoms with E-state index in [0.29, 0.717) is 61.9 Å². The van der Waals surface area contributed by atoms with Crippen molar-refractivity contribution in [3.63, 3.8) is 0 Å². The topological polar surface area (TPSA) is 157 Å². The predicted molar refractivity (Wildman–Crippen MR) is 254 cm³/mol. The second-order valence-electron chi connectivity index (χ2n) is 20.7. The maximum atomic E-state index is 14.4. The Morgan fingerprint density at radius 3 is 2.31 bits per heavy atom. The van der Waals surface area contributed by atoms with Gasteiger partial charge in [-0.25, -0.2) is 4.79 Å². The number of amides is 1. The first-order valence-corrected chi connectivity index (χ1v) is 25.0. The minimum absolute atomic E-state index is 0.0448. The zero-order valence-electron chi connectivity index (χ0n) is 41.6. The number of allylic oxidation sites excluding steroid dienone is 6. The number of Topliss-reactive ketones (excluding diaryl/α,β-unsaturated/α-hetero) is 3. The minimum Gasteiger partial charge on any atom is -0.460 e. The Labute approximate surface area is 391 Å². The van der Waals surface area contributed by atoms with Crippen LogP contribution in [0.4, 0.5) is 0 Å². The third kappa shape index (κ3) is 14.6. The molecule has 2 N–H and O–H groups in total. The number of ketones is 3. The van der Waals surface area contributed by atoms with Gasteiger partial charge in [0, 0.05) is 50.2 Å². The number of carbonyl (C=O) groups excluding carboxylic acids is 5. The maximum Gasteiger partial charge on any atom is 0.329 e. The van der Waals surface area contributed by atoms with Crippen molar-refractivity contribution in [3.8, 4) is 0 Å². The third-order valence-electron chi connectivity index (χ3n) is 15.3. The molecule has 1 amide bonds. The maximum absolute atomic E-state index is 14.4. The number of aliphatic hydroxyl groups is 2. The average molecular weight is 907 g/mol. The van der Waals surface area contributed by atoms with E-state index in [1.54, 1.807) is 40.9 Å². The fourth-order valence-electron chi connectivity index (χ4n) is 10.9. The van der Waals surface area contributed by atoms with Gasteiger partial charge in [0.05, 0.1) is 18.3 Å². The number of fused-ring (bicyclic) bond motifs is 3. The number of nitrogens with zero attached hydrogens (tertiary/aromatic N) is 1. The van der Waals surface area contributed by atoms with Crippen molar-refractivity contribution in [2.75, 3.05) is 13.7 Å². The van der Waals surface area contributed by atoms with Crippen LogP contribution in [0.3, 0.4) is 0 Å². The molecule has 15 atom stereocenters. The highest BCUT2D eigenvalue weighted by atomic mass is 16.6. The van der Waals surface area contributed by atoms with Crippen molar-refractivity contribution in [1.82, 2.24) is 4.90 Å². The average Bonchev–Trinajstić information content (AvgIpc) is 3.27. The van der Waals surface area contributed by atoms with Crippen molar-refractivity contribution >= 4 is 29.2 Å². The predicted octanol–water partition coefficient (Wildman–Crippen LogP) is 9.29. The van der Waals surface area contributed by atoms with E-state index in [1.165, 1.54) is 4.90 Å². The van der Waals surface area contributed by atoms with E-state index in [2.05, 4.69) is 27.2 Å². The first kappa shape index (κ1) is 54.4. The van der Waals surface area contributed by atoms with Crippen molar-refractivity contribution in [3.05, 3.63) is 54.0 Å². The van der Waals surface area contributed by atoms with E-state index < -0.39 is 65.6 Å². The summed E-state index contributed by atoms with van der Waals surface area (Å²) < 4.78 is 18.4. The number of piperidine rings is 1. The molecule has 65 heavy (non-hydrogen) atoms. The number of hydrogen-bond donors (Lipinski definition) is 2. The monoisotopic (exact) mass is 907 g/mol. The molecule has 0 aromatic carbocycles. The highest BCUT2D eigenvalue weighted by Gasteiger charge is 2.53. The molecule has 11 heteroatoms. The summed E-state index contributed by atoms with van der Waals surface area (Å²) in [5, 5.41) is 23.4. The minimum atomic E-state index is -2.39. The summed E-state index contributed by atoms with van der Waals surface area (Å²) >= 11 is 0. The molecular formula is C54H84NO10-. The second-order valence-corrected chi connectivity index (χ2v) is 20.7. The van der Waals surface area contributed by atoms with E-state index in [0.717, 1.165) is 37.7 Å². The van der Waals surface area contributed by atoms with Crippen LogP contribution in [0.25, 0.3) is 0 Å². The quantitative estimate of drug-likeness (QED) is 0.114. The van der Waals surface area contributed by atoms with Gasteiger partial charge in [0.25, 0.3) is 11.7 Å². The zero-order chi connectivity index (χ0) is 48.2. The van der Waals surface area contributed by atoms with Crippen molar-refractivity contribution < 1.29 is 48.4 Å². The van der Waals surface area contributed by atoms with Gasteiger partial charge in [0.2, 0.25) is 5.79 Å². The van der Waals surface area contributed by atoms with E-state index in [4.69, 9.17) is 14.2 Å². The van der Waals surface area contributed by atoms with Crippen LogP contribution >= 0.6 is 0 Å². The Hall–Kier alpha value is -3.25. The van der Waals surface area contributed by atoms with Crippen molar-refractivity contribution in [1.29, 1.82) is 0 Å². The lowest BCUT2D eigenvalue weighted by Gasteiger charge is -2.43. The molecule has 366 valence electrons. The Balaban J connectivity index is 1.68. The lowest BCUT2D eigenvalue weighted by Crippen LogP contribution is -2.61. The number of aliphatic hydroxyl groups excluding tert-OH is 1. The third-order valence-corrected chi connectivity index (χ3v) is 15.3. The molecule has 2 unspecified atom stereocenters. The number of ether oxygens (including phenoxy) is 3. The molecule has 0 aromatic heterocycles. The Morgan fingerprint density at radius 1 is 0.908 bits per heavy atom. The van der Waals surface area contributed by atoms with Gasteiger partial charge >= 0.3 is 5.97 Å². The first-order chi connectivity index (χ1) is 30.7. The lowest BCUT2D eigenvalue weighted by molar-refractivity contribution is -0.265. The van der Waals surface area contributed by atoms with Crippen LogP contribution in [-0.4, -0.2) is 94.2 Å². The van der Waals surface area contributed by atoms with Gasteiger partial charge in [-0.15, -0.1) is 0 Å². The van der Waals surface area contributed by atoms with Crippen LogP contribution in [0.2, 0.25) is 0 Å². The smallest absolute Gasteiger partial charge is 0.329 e. The number of rotatable bonds is 6. The van der Waals surface area contributed by atoms with Crippen LogP contribution in [-0.2, 0) is 38.2 Å². The van der Waals surface area contributed by atoms with E-state index in [1.807, 2.05) is 51.2 Å². The summed E-state index contributed by atoms with van der Waals surface area (Å²) in [6, 6.07) is -1.08. The normalized spacial score (nSPS) is 40.4. The van der Waals surface area contributed by atoms with E-state index in [-0.39, 0.29) is 54.8 Å². The molecule has 3 heterocycles. The number of methoxy groups -OCH3 is 1. The van der Waals surface area contributed by atoms with Gasteiger partial charge in [-0.05, 0) is 87.7 Å². The molecule has 3 aliphatic heterocycles. The lowest BCUT2D eigenvalue weighted by atomic mass is 9.70. The summed E-state index contributed by atoms with van der Waals surface area (Å²) in [5.74, 6) is -6.28. The molecular weight excluding hydrogens is 823 g/mol. The second kappa shape index (κ2) is 25.2. The molecule has 0 radical (unpaired) electrons. The number of hydrogen-bond acceptors (Lipinski definition) is 10.